The number of nitrogens with zero attached hydrogens (tertiary/aromatic N) is 1. The SMILES string of the molecule is COc1ccc(-c2[nH]ncc2C2CC(=O)NC3=C2C(=O)C2(Oc4c(Cl)c(OC)cc(OC)c4C2=O)C(C)C3)cc1. The van der Waals surface area contributed by atoms with Crippen molar-refractivity contribution in [3.05, 3.63) is 63.9 Å². The van der Waals surface area contributed by atoms with Gasteiger partial charge in [0, 0.05) is 46.7 Å². The van der Waals surface area contributed by atoms with E-state index in [1.165, 1.54) is 20.3 Å². The van der Waals surface area contributed by atoms with E-state index in [-0.39, 0.29) is 46.6 Å². The number of Topliss-reactive ketones (excluding diaryl/α,β-unsaturated/α-hetero) is 2. The molecular weight excluding hydrogens is 538 g/mol. The second kappa shape index (κ2) is 9.41. The van der Waals surface area contributed by atoms with Gasteiger partial charge in [0.1, 0.15) is 27.8 Å². The molecule has 206 valence electrons. The van der Waals surface area contributed by atoms with Gasteiger partial charge in [-0.3, -0.25) is 19.5 Å². The number of carbonyl (C=O) groups excluding carboxylic acids is 3. The molecule has 1 aromatic heterocycles. The van der Waals surface area contributed by atoms with Crippen molar-refractivity contribution < 1.29 is 33.3 Å². The van der Waals surface area contributed by atoms with E-state index in [9.17, 15) is 14.4 Å². The molecule has 2 N–H and O–H groups in total. The summed E-state index contributed by atoms with van der Waals surface area (Å²) in [6.07, 6.45) is 1.84. The lowest BCUT2D eigenvalue weighted by Crippen LogP contribution is -2.59. The lowest BCUT2D eigenvalue weighted by atomic mass is 9.66. The van der Waals surface area contributed by atoms with Crippen molar-refractivity contribution in [1.82, 2.24) is 15.5 Å². The highest BCUT2D eigenvalue weighted by Crippen LogP contribution is 2.55. The fraction of sp³-hybridized carbons (Fsp3) is 0.310. The maximum absolute atomic E-state index is 14.6. The number of halogens is 1. The third-order valence-electron chi connectivity index (χ3n) is 7.98. The number of aromatic nitrogens is 2. The van der Waals surface area contributed by atoms with Crippen molar-refractivity contribution in [1.29, 1.82) is 0 Å². The molecule has 3 aliphatic rings. The summed E-state index contributed by atoms with van der Waals surface area (Å²) in [7, 11) is 4.44. The first-order valence-electron chi connectivity index (χ1n) is 12.7. The van der Waals surface area contributed by atoms with Crippen molar-refractivity contribution in [2.45, 2.75) is 31.3 Å². The van der Waals surface area contributed by atoms with E-state index in [0.717, 1.165) is 5.56 Å². The molecule has 6 rings (SSSR count). The zero-order chi connectivity index (χ0) is 28.3. The second-order valence-electron chi connectivity index (χ2n) is 10.0. The van der Waals surface area contributed by atoms with Crippen molar-refractivity contribution in [2.24, 2.45) is 5.92 Å². The zero-order valence-electron chi connectivity index (χ0n) is 22.2. The quantitative estimate of drug-likeness (QED) is 0.441. The Morgan fingerprint density at radius 2 is 1.73 bits per heavy atom. The summed E-state index contributed by atoms with van der Waals surface area (Å²) >= 11 is 6.56. The minimum Gasteiger partial charge on any atom is -0.497 e. The number of allylic oxidation sites excluding steroid dienone is 1. The van der Waals surface area contributed by atoms with Crippen LogP contribution in [0, 0.1) is 5.92 Å². The van der Waals surface area contributed by atoms with Gasteiger partial charge in [0.2, 0.25) is 23.1 Å². The van der Waals surface area contributed by atoms with Gasteiger partial charge in [-0.25, -0.2) is 0 Å². The molecule has 40 heavy (non-hydrogen) atoms. The van der Waals surface area contributed by atoms with Gasteiger partial charge >= 0.3 is 0 Å². The Hall–Kier alpha value is -4.31. The van der Waals surface area contributed by atoms with Crippen LogP contribution in [0.3, 0.4) is 0 Å². The standard InChI is InChI=1S/C29H26ClN3O7/c1-13-9-18-22(27(35)29(13)28(36)23-19(38-3)11-20(39-4)24(30)26(23)40-29)16(10-21(34)32-18)17-12-31-33-25(17)14-5-7-15(37-2)8-6-14/h5-8,11-13,16H,9-10H2,1-4H3,(H,31,33)(H,32,34). The molecule has 0 saturated carbocycles. The van der Waals surface area contributed by atoms with Crippen LogP contribution < -0.4 is 24.3 Å². The Bertz CT molecular complexity index is 1610. The number of benzene rings is 2. The number of amides is 1. The fourth-order valence-electron chi connectivity index (χ4n) is 6.00. The number of rotatable bonds is 5. The zero-order valence-corrected chi connectivity index (χ0v) is 23.0. The second-order valence-corrected chi connectivity index (χ2v) is 10.4. The van der Waals surface area contributed by atoms with E-state index < -0.39 is 29.0 Å². The fourth-order valence-corrected chi connectivity index (χ4v) is 6.27. The molecular formula is C29H26ClN3O7. The summed E-state index contributed by atoms with van der Waals surface area (Å²) in [5.74, 6) is -1.38. The molecule has 2 aromatic carbocycles. The van der Waals surface area contributed by atoms with Gasteiger partial charge < -0.3 is 24.3 Å². The van der Waals surface area contributed by atoms with Gasteiger partial charge in [0.25, 0.3) is 0 Å². The van der Waals surface area contributed by atoms with Crippen LogP contribution in [0.2, 0.25) is 5.02 Å². The monoisotopic (exact) mass is 563 g/mol. The Morgan fingerprint density at radius 1 is 1.00 bits per heavy atom. The first-order valence-corrected chi connectivity index (χ1v) is 13.1. The van der Waals surface area contributed by atoms with E-state index in [4.69, 9.17) is 30.5 Å². The summed E-state index contributed by atoms with van der Waals surface area (Å²) in [4.78, 5) is 41.6. The highest BCUT2D eigenvalue weighted by atomic mass is 35.5. The number of carbonyl (C=O) groups is 3. The number of H-pyrrole nitrogens is 1. The van der Waals surface area contributed by atoms with Crippen LogP contribution in [0.5, 0.6) is 23.0 Å². The number of hydrogen-bond acceptors (Lipinski definition) is 8. The molecule has 11 heteroatoms. The third kappa shape index (κ3) is 3.55. The normalized spacial score (nSPS) is 23.5. The van der Waals surface area contributed by atoms with Crippen LogP contribution >= 0.6 is 11.6 Å². The highest BCUT2D eigenvalue weighted by Gasteiger charge is 2.63. The number of nitrogens with one attached hydrogen (secondary N) is 2. The smallest absolute Gasteiger partial charge is 0.236 e. The minimum atomic E-state index is -1.88. The third-order valence-corrected chi connectivity index (χ3v) is 8.34. The number of fused-ring (bicyclic) bond motifs is 1. The lowest BCUT2D eigenvalue weighted by molar-refractivity contribution is -0.131. The topological polar surface area (TPSA) is 129 Å². The number of ketones is 2. The molecule has 3 aromatic rings. The van der Waals surface area contributed by atoms with Crippen LogP contribution in [-0.4, -0.2) is 54.6 Å². The Labute approximate surface area is 234 Å². The summed E-state index contributed by atoms with van der Waals surface area (Å²) in [5.41, 5.74) is 1.13. The Kier molecular flexibility index (Phi) is 6.10. The van der Waals surface area contributed by atoms with Gasteiger partial charge in [-0.05, 0) is 30.7 Å². The Morgan fingerprint density at radius 3 is 2.40 bits per heavy atom. The Balaban J connectivity index is 1.48. The van der Waals surface area contributed by atoms with Crippen LogP contribution in [0.1, 0.15) is 41.6 Å². The van der Waals surface area contributed by atoms with Crippen LogP contribution in [0.15, 0.2) is 47.8 Å². The van der Waals surface area contributed by atoms with Gasteiger partial charge in [0.15, 0.2) is 5.75 Å². The summed E-state index contributed by atoms with van der Waals surface area (Å²) < 4.78 is 22.4. The van der Waals surface area contributed by atoms with E-state index in [1.54, 1.807) is 20.2 Å². The largest absolute Gasteiger partial charge is 0.497 e. The molecule has 1 spiro atoms. The molecule has 3 atom stereocenters. The van der Waals surface area contributed by atoms with Crippen molar-refractivity contribution >= 4 is 29.1 Å². The molecule has 10 nitrogen and oxygen atoms in total. The number of aromatic amines is 1. The summed E-state index contributed by atoms with van der Waals surface area (Å²) in [6.45, 7) is 1.75. The van der Waals surface area contributed by atoms with E-state index in [2.05, 4.69) is 15.5 Å². The molecule has 0 bridgehead atoms. The number of ether oxygens (including phenoxy) is 4. The average molecular weight is 564 g/mol. The first kappa shape index (κ1) is 25.9. The molecule has 0 fully saturated rings. The van der Waals surface area contributed by atoms with Crippen molar-refractivity contribution in [2.75, 3.05) is 21.3 Å². The van der Waals surface area contributed by atoms with Gasteiger partial charge in [-0.2, -0.15) is 5.10 Å². The average Bonchev–Trinajstić information content (AvgIpc) is 3.56. The molecule has 3 heterocycles. The molecule has 1 aliphatic carbocycles. The van der Waals surface area contributed by atoms with Crippen LogP contribution in [0.4, 0.5) is 0 Å². The predicted molar refractivity (Wildman–Crippen MR) is 144 cm³/mol. The summed E-state index contributed by atoms with van der Waals surface area (Å²) in [6, 6.07) is 8.85. The molecule has 2 aliphatic heterocycles. The molecule has 3 unspecified atom stereocenters. The van der Waals surface area contributed by atoms with Crippen molar-refractivity contribution in [3.63, 3.8) is 0 Å². The lowest BCUT2D eigenvalue weighted by Gasteiger charge is -2.41. The summed E-state index contributed by atoms with van der Waals surface area (Å²) in [5, 5.41) is 10.2. The molecule has 0 radical (unpaired) electrons. The molecule has 0 saturated heterocycles. The highest BCUT2D eigenvalue weighted by molar-refractivity contribution is 6.36. The number of methoxy groups -OCH3 is 3. The first-order chi connectivity index (χ1) is 19.2. The van der Waals surface area contributed by atoms with Gasteiger partial charge in [0.05, 0.1) is 33.2 Å². The van der Waals surface area contributed by atoms with E-state index in [0.29, 0.717) is 28.3 Å². The van der Waals surface area contributed by atoms with E-state index >= 15 is 0 Å². The maximum atomic E-state index is 14.6. The van der Waals surface area contributed by atoms with E-state index in [1.807, 2.05) is 24.3 Å². The maximum Gasteiger partial charge on any atom is 0.236 e. The number of hydrogen-bond donors (Lipinski definition) is 2. The van der Waals surface area contributed by atoms with Crippen molar-refractivity contribution in [3.8, 4) is 34.3 Å². The van der Waals surface area contributed by atoms with Gasteiger partial charge in [-0.1, -0.05) is 18.5 Å². The van der Waals surface area contributed by atoms with Gasteiger partial charge in [-0.15, -0.1) is 0 Å². The van der Waals surface area contributed by atoms with Crippen LogP contribution in [0.25, 0.3) is 11.3 Å². The van der Waals surface area contributed by atoms with Crippen LogP contribution in [-0.2, 0) is 9.59 Å². The predicted octanol–water partition coefficient (Wildman–Crippen LogP) is 4.24. The molecule has 1 amide bonds. The minimum absolute atomic E-state index is 0.00321.